The summed E-state index contributed by atoms with van der Waals surface area (Å²) in [5.41, 5.74) is 3.45. The Bertz CT molecular complexity index is 1090. The highest BCUT2D eigenvalue weighted by molar-refractivity contribution is 6.31. The molecule has 1 aliphatic rings. The summed E-state index contributed by atoms with van der Waals surface area (Å²) in [6.45, 7) is 1.91. The number of carbonyl (C=O) groups is 1. The molecule has 0 fully saturated rings. The smallest absolute Gasteiger partial charge is 0.261 e. The van der Waals surface area contributed by atoms with E-state index in [0.717, 1.165) is 28.9 Å². The van der Waals surface area contributed by atoms with Crippen molar-refractivity contribution < 1.29 is 13.6 Å². The molecule has 8 heteroatoms. The Balaban J connectivity index is 1.63. The maximum atomic E-state index is 13.8. The largest absolute Gasteiger partial charge is 0.319 e. The first-order valence-electron chi connectivity index (χ1n) is 8.09. The van der Waals surface area contributed by atoms with E-state index in [1.807, 2.05) is 13.0 Å². The van der Waals surface area contributed by atoms with Crippen LogP contribution in [0.3, 0.4) is 0 Å². The van der Waals surface area contributed by atoms with Crippen LogP contribution in [0.2, 0.25) is 5.02 Å². The number of carbonyl (C=O) groups excluding carboxylic acids is 1. The highest BCUT2D eigenvalue weighted by Crippen LogP contribution is 2.34. The summed E-state index contributed by atoms with van der Waals surface area (Å²) < 4.78 is 27.7. The van der Waals surface area contributed by atoms with Crippen LogP contribution < -0.4 is 5.32 Å². The number of nitrogens with zero attached hydrogens (tertiary/aromatic N) is 2. The van der Waals surface area contributed by atoms with Crippen LogP contribution in [0.15, 0.2) is 41.5 Å². The molecule has 2 aromatic carbocycles. The van der Waals surface area contributed by atoms with E-state index in [1.165, 1.54) is 12.3 Å². The fourth-order valence-corrected chi connectivity index (χ4v) is 3.14. The van der Waals surface area contributed by atoms with Crippen molar-refractivity contribution in [3.8, 4) is 0 Å². The number of aliphatic imine (C=N–C) groups is 1. The number of aromatic nitrogens is 2. The zero-order chi connectivity index (χ0) is 19.1. The maximum absolute atomic E-state index is 13.8. The van der Waals surface area contributed by atoms with Crippen LogP contribution in [0.25, 0.3) is 0 Å². The molecule has 27 heavy (non-hydrogen) atoms. The lowest BCUT2D eigenvalue weighted by Gasteiger charge is -2.07. The molecule has 0 saturated carbocycles. The standard InChI is InChI=1S/C19H13ClF2N4O/c1-9-5-10-6-15(24-14(10)7-11(9)20)18-16(8-23-26-18)25-19(27)17-12(21)3-2-4-13(17)22/h2-5,7-8H,6H2,1H3,(H,23,26)(H,25,27). The van der Waals surface area contributed by atoms with E-state index in [0.29, 0.717) is 22.8 Å². The third-order valence-electron chi connectivity index (χ3n) is 4.34. The van der Waals surface area contributed by atoms with Gasteiger partial charge in [-0.3, -0.25) is 14.9 Å². The third-order valence-corrected chi connectivity index (χ3v) is 4.75. The van der Waals surface area contributed by atoms with Gasteiger partial charge in [0.05, 0.1) is 23.3 Å². The van der Waals surface area contributed by atoms with Crippen LogP contribution in [0.5, 0.6) is 0 Å². The number of nitrogens with one attached hydrogen (secondary N) is 2. The van der Waals surface area contributed by atoms with Crippen LogP contribution in [0.4, 0.5) is 20.2 Å². The van der Waals surface area contributed by atoms with Gasteiger partial charge in [0, 0.05) is 11.4 Å². The van der Waals surface area contributed by atoms with Gasteiger partial charge in [-0.25, -0.2) is 8.78 Å². The number of rotatable bonds is 3. The van der Waals surface area contributed by atoms with Crippen molar-refractivity contribution in [1.82, 2.24) is 10.2 Å². The highest BCUT2D eigenvalue weighted by atomic mass is 35.5. The number of halogens is 3. The zero-order valence-electron chi connectivity index (χ0n) is 14.1. The second kappa shape index (κ2) is 6.59. The molecule has 0 radical (unpaired) electrons. The fraction of sp³-hybridized carbons (Fsp3) is 0.105. The molecule has 3 aromatic rings. The van der Waals surface area contributed by atoms with E-state index < -0.39 is 23.1 Å². The SMILES string of the molecule is Cc1cc2c(cc1Cl)N=C(c1[nH]ncc1NC(=O)c1c(F)cccc1F)C2. The van der Waals surface area contributed by atoms with Crippen molar-refractivity contribution in [2.75, 3.05) is 5.32 Å². The molecule has 0 unspecified atom stereocenters. The lowest BCUT2D eigenvalue weighted by Crippen LogP contribution is -2.17. The molecule has 0 aliphatic carbocycles. The number of hydrogen-bond acceptors (Lipinski definition) is 3. The molecule has 1 aromatic heterocycles. The average Bonchev–Trinajstić information content (AvgIpc) is 3.21. The van der Waals surface area contributed by atoms with E-state index in [4.69, 9.17) is 11.6 Å². The van der Waals surface area contributed by atoms with Gasteiger partial charge in [-0.2, -0.15) is 5.10 Å². The Labute approximate surface area is 158 Å². The molecule has 0 atom stereocenters. The van der Waals surface area contributed by atoms with Crippen molar-refractivity contribution >= 4 is 34.6 Å². The van der Waals surface area contributed by atoms with Crippen molar-refractivity contribution in [1.29, 1.82) is 0 Å². The summed E-state index contributed by atoms with van der Waals surface area (Å²) in [4.78, 5) is 16.9. The Morgan fingerprint density at radius 1 is 1.26 bits per heavy atom. The summed E-state index contributed by atoms with van der Waals surface area (Å²) in [7, 11) is 0. The molecule has 0 spiro atoms. The van der Waals surface area contributed by atoms with Gasteiger partial charge >= 0.3 is 0 Å². The second-order valence-electron chi connectivity index (χ2n) is 6.17. The molecule has 2 heterocycles. The van der Waals surface area contributed by atoms with Gasteiger partial charge in [-0.15, -0.1) is 0 Å². The first-order chi connectivity index (χ1) is 12.9. The van der Waals surface area contributed by atoms with Crippen LogP contribution >= 0.6 is 11.6 Å². The minimum atomic E-state index is -0.937. The summed E-state index contributed by atoms with van der Waals surface area (Å²) >= 11 is 6.15. The van der Waals surface area contributed by atoms with Gasteiger partial charge < -0.3 is 5.32 Å². The Morgan fingerprint density at radius 3 is 2.74 bits per heavy atom. The van der Waals surface area contributed by atoms with Crippen molar-refractivity contribution in [2.24, 2.45) is 4.99 Å². The van der Waals surface area contributed by atoms with Gasteiger partial charge in [-0.05, 0) is 36.2 Å². The molecule has 2 N–H and O–H groups in total. The predicted molar refractivity (Wildman–Crippen MR) is 99.0 cm³/mol. The molecular weight excluding hydrogens is 374 g/mol. The molecular formula is C19H13ClF2N4O. The topological polar surface area (TPSA) is 70.1 Å². The van der Waals surface area contributed by atoms with E-state index in [-0.39, 0.29) is 5.69 Å². The number of aromatic amines is 1. The zero-order valence-corrected chi connectivity index (χ0v) is 14.9. The summed E-state index contributed by atoms with van der Waals surface area (Å²) in [6, 6.07) is 6.98. The molecule has 1 amide bonds. The van der Waals surface area contributed by atoms with Crippen molar-refractivity contribution in [2.45, 2.75) is 13.3 Å². The number of fused-ring (bicyclic) bond motifs is 1. The van der Waals surface area contributed by atoms with Gasteiger partial charge in [0.25, 0.3) is 5.91 Å². The molecule has 1 aliphatic heterocycles. The number of anilines is 1. The van der Waals surface area contributed by atoms with Gasteiger partial charge in [0.15, 0.2) is 0 Å². The quantitative estimate of drug-likeness (QED) is 0.691. The van der Waals surface area contributed by atoms with E-state index in [2.05, 4.69) is 20.5 Å². The van der Waals surface area contributed by atoms with Gasteiger partial charge in [0.1, 0.15) is 22.9 Å². The third kappa shape index (κ3) is 3.10. The second-order valence-corrected chi connectivity index (χ2v) is 6.58. The molecule has 5 nitrogen and oxygen atoms in total. The van der Waals surface area contributed by atoms with E-state index >= 15 is 0 Å². The van der Waals surface area contributed by atoms with Crippen LogP contribution in [-0.2, 0) is 6.42 Å². The summed E-state index contributed by atoms with van der Waals surface area (Å²) in [5.74, 6) is -2.77. The Morgan fingerprint density at radius 2 is 2.00 bits per heavy atom. The van der Waals surface area contributed by atoms with Gasteiger partial charge in [0.2, 0.25) is 0 Å². The van der Waals surface area contributed by atoms with Crippen molar-refractivity contribution in [3.63, 3.8) is 0 Å². The first kappa shape index (κ1) is 17.4. The predicted octanol–water partition coefficient (Wildman–Crippen LogP) is 4.58. The fourth-order valence-electron chi connectivity index (χ4n) is 2.99. The normalized spacial score (nSPS) is 12.7. The first-order valence-corrected chi connectivity index (χ1v) is 8.47. The number of benzene rings is 2. The molecule has 136 valence electrons. The van der Waals surface area contributed by atoms with Gasteiger partial charge in [-0.1, -0.05) is 23.7 Å². The Hall–Kier alpha value is -3.06. The number of amides is 1. The van der Waals surface area contributed by atoms with Crippen LogP contribution in [0, 0.1) is 18.6 Å². The lowest BCUT2D eigenvalue weighted by molar-refractivity contribution is 0.101. The number of aryl methyl sites for hydroxylation is 1. The van der Waals surface area contributed by atoms with Crippen molar-refractivity contribution in [3.05, 3.63) is 75.6 Å². The molecule has 0 bridgehead atoms. The maximum Gasteiger partial charge on any atom is 0.261 e. The van der Waals surface area contributed by atoms with Crippen LogP contribution in [0.1, 0.15) is 27.2 Å². The molecule has 4 rings (SSSR count). The monoisotopic (exact) mass is 386 g/mol. The minimum Gasteiger partial charge on any atom is -0.319 e. The lowest BCUT2D eigenvalue weighted by atomic mass is 10.1. The summed E-state index contributed by atoms with van der Waals surface area (Å²) in [6.07, 6.45) is 1.89. The summed E-state index contributed by atoms with van der Waals surface area (Å²) in [5, 5.41) is 9.82. The molecule has 0 saturated heterocycles. The Kier molecular flexibility index (Phi) is 4.24. The number of H-pyrrole nitrogens is 1. The van der Waals surface area contributed by atoms with E-state index in [9.17, 15) is 13.6 Å². The average molecular weight is 387 g/mol. The van der Waals surface area contributed by atoms with Crippen LogP contribution in [-0.4, -0.2) is 21.8 Å². The minimum absolute atomic E-state index is 0.289. The van der Waals surface area contributed by atoms with E-state index in [1.54, 1.807) is 6.07 Å². The highest BCUT2D eigenvalue weighted by Gasteiger charge is 2.23. The number of hydrogen-bond donors (Lipinski definition) is 2.